The van der Waals surface area contributed by atoms with Crippen molar-refractivity contribution in [3.05, 3.63) is 33.5 Å². The standard InChI is InChI=1S/C16H20N6S/c1-3-12-10(2)23-15(18-12)8-9-17-13-6-7-14-19-20-16(11-4-5-11)22(14)21-13/h6-7,11H,3-5,8-9H2,1-2H3,(H,17,21). The zero-order chi connectivity index (χ0) is 15.8. The Morgan fingerprint density at radius 2 is 2.17 bits per heavy atom. The molecule has 1 N–H and O–H groups in total. The number of nitrogens with one attached hydrogen (secondary N) is 1. The van der Waals surface area contributed by atoms with Gasteiger partial charge in [0, 0.05) is 23.8 Å². The number of nitrogens with zero attached hydrogens (tertiary/aromatic N) is 5. The van der Waals surface area contributed by atoms with E-state index in [0.29, 0.717) is 5.92 Å². The molecule has 0 amide bonds. The Bertz CT molecular complexity index is 832. The van der Waals surface area contributed by atoms with Gasteiger partial charge in [0.05, 0.1) is 10.7 Å². The van der Waals surface area contributed by atoms with Gasteiger partial charge in [-0.05, 0) is 38.3 Å². The fourth-order valence-electron chi connectivity index (χ4n) is 2.72. The molecule has 6 nitrogen and oxygen atoms in total. The monoisotopic (exact) mass is 328 g/mol. The van der Waals surface area contributed by atoms with E-state index in [0.717, 1.165) is 36.7 Å². The van der Waals surface area contributed by atoms with Crippen LogP contribution in [0.25, 0.3) is 5.65 Å². The zero-order valence-corrected chi connectivity index (χ0v) is 14.2. The molecule has 0 atom stereocenters. The van der Waals surface area contributed by atoms with Crippen molar-refractivity contribution in [3.63, 3.8) is 0 Å². The minimum absolute atomic E-state index is 0.540. The number of aromatic nitrogens is 5. The average molecular weight is 328 g/mol. The predicted molar refractivity (Wildman–Crippen MR) is 91.2 cm³/mol. The predicted octanol–water partition coefficient (Wildman–Crippen LogP) is 2.98. The normalized spacial score (nSPS) is 14.5. The van der Waals surface area contributed by atoms with Crippen molar-refractivity contribution in [2.75, 3.05) is 11.9 Å². The summed E-state index contributed by atoms with van der Waals surface area (Å²) in [5.74, 6) is 2.40. The number of rotatable bonds is 6. The van der Waals surface area contributed by atoms with Gasteiger partial charge in [0.1, 0.15) is 5.82 Å². The van der Waals surface area contributed by atoms with Crippen LogP contribution < -0.4 is 5.32 Å². The van der Waals surface area contributed by atoms with Crippen LogP contribution in [0.5, 0.6) is 0 Å². The van der Waals surface area contributed by atoms with E-state index in [2.05, 4.69) is 39.4 Å². The van der Waals surface area contributed by atoms with Crippen molar-refractivity contribution in [2.45, 2.75) is 45.4 Å². The van der Waals surface area contributed by atoms with E-state index in [1.807, 2.05) is 16.6 Å². The Morgan fingerprint density at radius 1 is 1.30 bits per heavy atom. The Morgan fingerprint density at radius 3 is 2.91 bits per heavy atom. The van der Waals surface area contributed by atoms with E-state index >= 15 is 0 Å². The average Bonchev–Trinajstić information content (AvgIpc) is 3.21. The molecule has 1 aliphatic carbocycles. The molecule has 3 heterocycles. The first-order chi connectivity index (χ1) is 11.2. The van der Waals surface area contributed by atoms with E-state index in [-0.39, 0.29) is 0 Å². The first kappa shape index (κ1) is 14.6. The molecule has 1 fully saturated rings. The van der Waals surface area contributed by atoms with Gasteiger partial charge in [-0.3, -0.25) is 0 Å². The van der Waals surface area contributed by atoms with Crippen LogP contribution in [0, 0.1) is 6.92 Å². The zero-order valence-electron chi connectivity index (χ0n) is 13.4. The van der Waals surface area contributed by atoms with Crippen LogP contribution >= 0.6 is 11.3 Å². The molecule has 23 heavy (non-hydrogen) atoms. The first-order valence-corrected chi connectivity index (χ1v) is 8.97. The second-order valence-corrected chi connectivity index (χ2v) is 7.25. The smallest absolute Gasteiger partial charge is 0.178 e. The van der Waals surface area contributed by atoms with Gasteiger partial charge in [-0.15, -0.1) is 26.6 Å². The summed E-state index contributed by atoms with van der Waals surface area (Å²) in [5, 5.41) is 17.7. The lowest BCUT2D eigenvalue weighted by Crippen LogP contribution is -2.08. The third-order valence-electron chi connectivity index (χ3n) is 4.15. The van der Waals surface area contributed by atoms with E-state index in [1.165, 1.54) is 28.4 Å². The van der Waals surface area contributed by atoms with Gasteiger partial charge in [0.15, 0.2) is 11.5 Å². The number of fused-ring (bicyclic) bond motifs is 1. The molecule has 0 spiro atoms. The van der Waals surface area contributed by atoms with Crippen LogP contribution in [0.2, 0.25) is 0 Å². The van der Waals surface area contributed by atoms with Gasteiger partial charge < -0.3 is 5.32 Å². The summed E-state index contributed by atoms with van der Waals surface area (Å²) in [5.41, 5.74) is 2.05. The number of hydrogen-bond acceptors (Lipinski definition) is 6. The SMILES string of the molecule is CCc1nc(CCNc2ccc3nnc(C4CC4)n3n2)sc1C. The lowest BCUT2D eigenvalue weighted by Gasteiger charge is -2.05. The van der Waals surface area contributed by atoms with Crippen molar-refractivity contribution < 1.29 is 0 Å². The Labute approximate surface area is 139 Å². The summed E-state index contributed by atoms with van der Waals surface area (Å²) in [4.78, 5) is 6.01. The van der Waals surface area contributed by atoms with Crippen molar-refractivity contribution in [1.82, 2.24) is 24.8 Å². The minimum Gasteiger partial charge on any atom is -0.368 e. The van der Waals surface area contributed by atoms with Gasteiger partial charge in [-0.2, -0.15) is 4.52 Å². The minimum atomic E-state index is 0.540. The second-order valence-electron chi connectivity index (χ2n) is 5.96. The Kier molecular flexibility index (Phi) is 3.72. The van der Waals surface area contributed by atoms with Crippen molar-refractivity contribution >= 4 is 22.8 Å². The van der Waals surface area contributed by atoms with Gasteiger partial charge in [0.2, 0.25) is 0 Å². The maximum atomic E-state index is 4.68. The van der Waals surface area contributed by atoms with Crippen LogP contribution in [0.15, 0.2) is 12.1 Å². The summed E-state index contributed by atoms with van der Waals surface area (Å²) in [6.45, 7) is 5.13. The van der Waals surface area contributed by atoms with Gasteiger partial charge >= 0.3 is 0 Å². The lowest BCUT2D eigenvalue weighted by molar-refractivity contribution is 0.812. The summed E-state index contributed by atoms with van der Waals surface area (Å²) in [7, 11) is 0. The topological polar surface area (TPSA) is 68.0 Å². The highest BCUT2D eigenvalue weighted by molar-refractivity contribution is 7.11. The van der Waals surface area contributed by atoms with Crippen LogP contribution in [-0.2, 0) is 12.8 Å². The summed E-state index contributed by atoms with van der Waals surface area (Å²) in [6.07, 6.45) is 4.32. The quantitative estimate of drug-likeness (QED) is 0.753. The molecule has 120 valence electrons. The van der Waals surface area contributed by atoms with E-state index in [4.69, 9.17) is 0 Å². The highest BCUT2D eigenvalue weighted by Crippen LogP contribution is 2.38. The molecule has 1 saturated carbocycles. The highest BCUT2D eigenvalue weighted by Gasteiger charge is 2.29. The fourth-order valence-corrected chi connectivity index (χ4v) is 3.74. The molecule has 1 aliphatic rings. The molecule has 0 aliphatic heterocycles. The largest absolute Gasteiger partial charge is 0.368 e. The summed E-state index contributed by atoms with van der Waals surface area (Å²) in [6, 6.07) is 3.93. The third-order valence-corrected chi connectivity index (χ3v) is 5.22. The Balaban J connectivity index is 1.44. The van der Waals surface area contributed by atoms with Crippen LogP contribution in [0.3, 0.4) is 0 Å². The summed E-state index contributed by atoms with van der Waals surface area (Å²) < 4.78 is 1.88. The Hall–Kier alpha value is -2.02. The highest BCUT2D eigenvalue weighted by atomic mass is 32.1. The lowest BCUT2D eigenvalue weighted by atomic mass is 10.3. The molecule has 0 saturated heterocycles. The van der Waals surface area contributed by atoms with E-state index in [1.54, 1.807) is 11.3 Å². The number of thiazole rings is 1. The molecule has 0 unspecified atom stereocenters. The molecule has 4 rings (SSSR count). The van der Waals surface area contributed by atoms with Crippen LogP contribution in [-0.4, -0.2) is 31.3 Å². The van der Waals surface area contributed by atoms with Crippen LogP contribution in [0.1, 0.15) is 47.1 Å². The molecule has 3 aromatic rings. The molecule has 0 radical (unpaired) electrons. The number of anilines is 1. The second kappa shape index (κ2) is 5.88. The van der Waals surface area contributed by atoms with Crippen molar-refractivity contribution in [2.24, 2.45) is 0 Å². The molecule has 7 heteroatoms. The maximum Gasteiger partial charge on any atom is 0.178 e. The number of hydrogen-bond donors (Lipinski definition) is 1. The third kappa shape index (κ3) is 2.93. The maximum absolute atomic E-state index is 4.68. The van der Waals surface area contributed by atoms with Gasteiger partial charge in [0.25, 0.3) is 0 Å². The van der Waals surface area contributed by atoms with Gasteiger partial charge in [-0.25, -0.2) is 4.98 Å². The number of aryl methyl sites for hydroxylation is 2. The molecular formula is C16H20N6S. The van der Waals surface area contributed by atoms with Gasteiger partial charge in [-0.1, -0.05) is 6.92 Å². The fraction of sp³-hybridized carbons (Fsp3) is 0.500. The van der Waals surface area contributed by atoms with E-state index < -0.39 is 0 Å². The first-order valence-electron chi connectivity index (χ1n) is 8.16. The molecular weight excluding hydrogens is 308 g/mol. The molecule has 3 aromatic heterocycles. The molecule has 0 bridgehead atoms. The van der Waals surface area contributed by atoms with Crippen molar-refractivity contribution in [3.8, 4) is 0 Å². The summed E-state index contributed by atoms with van der Waals surface area (Å²) >= 11 is 1.80. The van der Waals surface area contributed by atoms with Crippen LogP contribution in [0.4, 0.5) is 5.82 Å². The van der Waals surface area contributed by atoms with Crippen molar-refractivity contribution in [1.29, 1.82) is 0 Å². The molecule has 0 aromatic carbocycles. The van der Waals surface area contributed by atoms with E-state index in [9.17, 15) is 0 Å².